The number of hydrogen-bond acceptors (Lipinski definition) is 4. The highest BCUT2D eigenvalue weighted by atomic mass is 16.6. The fraction of sp³-hybridized carbons (Fsp3) is 0.273. The van der Waals surface area contributed by atoms with Crippen LogP contribution in [0.2, 0.25) is 0 Å². The molecule has 1 aliphatic rings. The van der Waals surface area contributed by atoms with Crippen LogP contribution in [-0.2, 0) is 11.3 Å². The molecule has 30 heavy (non-hydrogen) atoms. The number of nitro groups is 1. The van der Waals surface area contributed by atoms with Crippen molar-refractivity contribution in [2.24, 2.45) is 11.0 Å². The van der Waals surface area contributed by atoms with Gasteiger partial charge in [-0.1, -0.05) is 18.2 Å². The van der Waals surface area contributed by atoms with E-state index < -0.39 is 0 Å². The fourth-order valence-electron chi connectivity index (χ4n) is 3.95. The van der Waals surface area contributed by atoms with Crippen molar-refractivity contribution in [1.29, 1.82) is 0 Å². The van der Waals surface area contributed by atoms with Crippen LogP contribution in [-0.4, -0.2) is 35.1 Å². The van der Waals surface area contributed by atoms with Gasteiger partial charge < -0.3 is 9.88 Å². The van der Waals surface area contributed by atoms with Gasteiger partial charge in [-0.25, -0.2) is 5.43 Å². The number of nitrogens with one attached hydrogen (secondary N) is 3. The van der Waals surface area contributed by atoms with Crippen LogP contribution in [0.25, 0.3) is 10.9 Å². The Hall–Kier alpha value is -3.52. The number of benzene rings is 2. The van der Waals surface area contributed by atoms with Gasteiger partial charge in [-0.05, 0) is 18.2 Å². The summed E-state index contributed by atoms with van der Waals surface area (Å²) in [6.07, 6.45) is 5.15. The van der Waals surface area contributed by atoms with Gasteiger partial charge in [-0.15, -0.1) is 0 Å². The highest BCUT2D eigenvalue weighted by Gasteiger charge is 2.27. The second-order valence-corrected chi connectivity index (χ2v) is 7.65. The van der Waals surface area contributed by atoms with Crippen molar-refractivity contribution in [1.82, 2.24) is 10.4 Å². The number of quaternary nitrogens is 1. The zero-order chi connectivity index (χ0) is 20.9. The van der Waals surface area contributed by atoms with Crippen LogP contribution >= 0.6 is 0 Å². The number of likely N-dealkylation sites (tertiary alicyclic amines) is 1. The lowest BCUT2D eigenvalue weighted by atomic mass is 9.96. The molecule has 0 aliphatic carbocycles. The van der Waals surface area contributed by atoms with Crippen LogP contribution in [0.15, 0.2) is 59.8 Å². The molecule has 0 radical (unpaired) electrons. The number of aromatic nitrogens is 1. The molecule has 0 saturated carbocycles. The lowest BCUT2D eigenvalue weighted by Crippen LogP contribution is -3.11. The third-order valence-corrected chi connectivity index (χ3v) is 5.66. The van der Waals surface area contributed by atoms with Crippen LogP contribution in [0.3, 0.4) is 0 Å². The lowest BCUT2D eigenvalue weighted by Gasteiger charge is -2.28. The minimum Gasteiger partial charge on any atom is -0.361 e. The van der Waals surface area contributed by atoms with Crippen LogP contribution < -0.4 is 10.3 Å². The van der Waals surface area contributed by atoms with Crippen LogP contribution in [0, 0.1) is 16.0 Å². The summed E-state index contributed by atoms with van der Waals surface area (Å²) >= 11 is 0. The number of nitrogens with zero attached hydrogens (tertiary/aromatic N) is 2. The SMILES string of the molecule is O=C(N/N=C/c1c[nH]c2ccccc12)C1CC[NH+](Cc2ccc([N+](=O)[O-])cc2)CC1. The number of hydrazone groups is 1. The van der Waals surface area contributed by atoms with Crippen molar-refractivity contribution < 1.29 is 14.6 Å². The number of aromatic amines is 1. The molecule has 1 amide bonds. The highest BCUT2D eigenvalue weighted by molar-refractivity contribution is 5.99. The maximum Gasteiger partial charge on any atom is 0.269 e. The van der Waals surface area contributed by atoms with Crippen LogP contribution in [0.4, 0.5) is 5.69 Å². The molecule has 4 rings (SSSR count). The Labute approximate surface area is 173 Å². The van der Waals surface area contributed by atoms with Gasteiger partial charge >= 0.3 is 0 Å². The summed E-state index contributed by atoms with van der Waals surface area (Å²) in [5.41, 5.74) is 5.83. The van der Waals surface area contributed by atoms with Gasteiger partial charge in [0, 0.05) is 53.2 Å². The summed E-state index contributed by atoms with van der Waals surface area (Å²) in [6.45, 7) is 2.59. The second-order valence-electron chi connectivity index (χ2n) is 7.65. The van der Waals surface area contributed by atoms with Crippen molar-refractivity contribution >= 4 is 28.7 Å². The molecule has 0 spiro atoms. The number of carbonyl (C=O) groups excluding carboxylic acids is 1. The summed E-state index contributed by atoms with van der Waals surface area (Å²) in [5.74, 6) is -0.0776. The zero-order valence-electron chi connectivity index (χ0n) is 16.5. The number of hydrogen-bond donors (Lipinski definition) is 3. The average Bonchev–Trinajstić information content (AvgIpc) is 3.18. The van der Waals surface area contributed by atoms with Crippen molar-refractivity contribution in [3.05, 3.63) is 76.0 Å². The van der Waals surface area contributed by atoms with E-state index in [4.69, 9.17) is 0 Å². The predicted molar refractivity (Wildman–Crippen MR) is 114 cm³/mol. The summed E-state index contributed by atoms with van der Waals surface area (Å²) in [4.78, 5) is 27.4. The predicted octanol–water partition coefficient (Wildman–Crippen LogP) is 2.02. The number of rotatable bonds is 6. The topological polar surface area (TPSA) is 105 Å². The van der Waals surface area contributed by atoms with E-state index in [0.717, 1.165) is 54.5 Å². The molecule has 0 atom stereocenters. The molecule has 3 N–H and O–H groups in total. The maximum absolute atomic E-state index is 12.5. The Morgan fingerprint density at radius 1 is 1.20 bits per heavy atom. The summed E-state index contributed by atoms with van der Waals surface area (Å²) in [7, 11) is 0. The minimum absolute atomic E-state index is 0.0364. The first-order chi connectivity index (χ1) is 14.6. The van der Waals surface area contributed by atoms with Crippen molar-refractivity contribution in [2.75, 3.05) is 13.1 Å². The maximum atomic E-state index is 12.5. The standard InChI is InChI=1S/C22H23N5O3/c28-22(25-24-14-18-13-23-21-4-2-1-3-20(18)21)17-9-11-26(12-10-17)15-16-5-7-19(8-6-16)27(29)30/h1-8,13-14,17,23H,9-12,15H2,(H,25,28)/p+1/b24-14+. The van der Waals surface area contributed by atoms with E-state index in [9.17, 15) is 14.9 Å². The Kier molecular flexibility index (Phi) is 5.85. The van der Waals surface area contributed by atoms with Gasteiger partial charge in [-0.3, -0.25) is 14.9 Å². The number of amides is 1. The molecule has 1 aromatic heterocycles. The molecule has 2 heterocycles. The second kappa shape index (κ2) is 8.87. The van der Waals surface area contributed by atoms with Crippen molar-refractivity contribution in [2.45, 2.75) is 19.4 Å². The third-order valence-electron chi connectivity index (χ3n) is 5.66. The molecule has 8 nitrogen and oxygen atoms in total. The van der Waals surface area contributed by atoms with Gasteiger partial charge in [0.1, 0.15) is 6.54 Å². The van der Waals surface area contributed by atoms with Gasteiger partial charge in [0.15, 0.2) is 0 Å². The lowest BCUT2D eigenvalue weighted by molar-refractivity contribution is -0.919. The number of fused-ring (bicyclic) bond motifs is 1. The van der Waals surface area contributed by atoms with Crippen molar-refractivity contribution in [3.63, 3.8) is 0 Å². The molecule has 8 heteroatoms. The first-order valence-electron chi connectivity index (χ1n) is 10.1. The van der Waals surface area contributed by atoms with Gasteiger partial charge in [0.2, 0.25) is 5.91 Å². The number of carbonyl (C=O) groups is 1. The van der Waals surface area contributed by atoms with E-state index in [1.807, 2.05) is 42.6 Å². The molecular weight excluding hydrogens is 382 g/mol. The van der Waals surface area contributed by atoms with Gasteiger partial charge in [0.25, 0.3) is 5.69 Å². The molecule has 154 valence electrons. The molecule has 1 fully saturated rings. The van der Waals surface area contributed by atoms with Gasteiger partial charge in [0.05, 0.1) is 30.1 Å². The van der Waals surface area contributed by atoms with E-state index in [1.54, 1.807) is 18.3 Å². The smallest absolute Gasteiger partial charge is 0.269 e. The minimum atomic E-state index is -0.387. The van der Waals surface area contributed by atoms with E-state index in [-0.39, 0.29) is 22.4 Å². The Balaban J connectivity index is 1.25. The average molecular weight is 406 g/mol. The summed E-state index contributed by atoms with van der Waals surface area (Å²) in [6, 6.07) is 14.7. The molecule has 0 bridgehead atoms. The van der Waals surface area contributed by atoms with E-state index in [0.29, 0.717) is 0 Å². The molecule has 1 saturated heterocycles. The highest BCUT2D eigenvalue weighted by Crippen LogP contribution is 2.16. The normalized spacial score (nSPS) is 19.2. The Morgan fingerprint density at radius 2 is 1.93 bits per heavy atom. The van der Waals surface area contributed by atoms with E-state index in [2.05, 4.69) is 15.5 Å². The van der Waals surface area contributed by atoms with Crippen molar-refractivity contribution in [3.8, 4) is 0 Å². The first-order valence-corrected chi connectivity index (χ1v) is 10.1. The number of H-pyrrole nitrogens is 1. The van der Waals surface area contributed by atoms with E-state index >= 15 is 0 Å². The van der Waals surface area contributed by atoms with Gasteiger partial charge in [-0.2, -0.15) is 5.10 Å². The Morgan fingerprint density at radius 3 is 2.67 bits per heavy atom. The third kappa shape index (κ3) is 4.55. The fourth-order valence-corrected chi connectivity index (χ4v) is 3.95. The molecule has 0 unspecified atom stereocenters. The number of para-hydroxylation sites is 1. The Bertz CT molecular complexity index is 1070. The van der Waals surface area contributed by atoms with E-state index in [1.165, 1.54) is 4.90 Å². The molecule has 3 aromatic rings. The van der Waals surface area contributed by atoms with Crippen LogP contribution in [0.5, 0.6) is 0 Å². The molecular formula is C22H24N5O3+. The monoisotopic (exact) mass is 406 g/mol. The molecule has 2 aromatic carbocycles. The number of non-ortho nitro benzene ring substituents is 1. The summed E-state index contributed by atoms with van der Waals surface area (Å²) in [5, 5.41) is 16.0. The quantitative estimate of drug-likeness (QED) is 0.331. The summed E-state index contributed by atoms with van der Waals surface area (Å²) < 4.78 is 0. The zero-order valence-corrected chi connectivity index (χ0v) is 16.5. The molecule has 1 aliphatic heterocycles. The van der Waals surface area contributed by atoms with Crippen LogP contribution in [0.1, 0.15) is 24.0 Å². The number of piperidine rings is 1. The largest absolute Gasteiger partial charge is 0.361 e. The first kappa shape index (κ1) is 19.8. The number of nitro benzene ring substituents is 1.